The third kappa shape index (κ3) is 7.28. The van der Waals surface area contributed by atoms with Crippen molar-refractivity contribution in [3.63, 3.8) is 0 Å². The van der Waals surface area contributed by atoms with Crippen LogP contribution in [0.1, 0.15) is 42.9 Å². The van der Waals surface area contributed by atoms with Crippen molar-refractivity contribution in [3.05, 3.63) is 54.8 Å². The summed E-state index contributed by atoms with van der Waals surface area (Å²) in [6.45, 7) is 7.97. The van der Waals surface area contributed by atoms with E-state index in [1.807, 2.05) is 19.9 Å². The lowest BCUT2D eigenvalue weighted by Gasteiger charge is -2.26. The van der Waals surface area contributed by atoms with Gasteiger partial charge in [-0.05, 0) is 49.6 Å². The number of nitrogens with one attached hydrogen (secondary N) is 2. The van der Waals surface area contributed by atoms with E-state index in [0.29, 0.717) is 108 Å². The van der Waals surface area contributed by atoms with Gasteiger partial charge >= 0.3 is 0 Å². The van der Waals surface area contributed by atoms with E-state index in [1.54, 1.807) is 0 Å². The molecule has 300 valence electrons. The SMILES string of the molecule is COc1c(O)c2c(=O)cc(OC)c3c4c(OC)cc(=O)c5c(O)c(CCCNCCOCCO)c6c(c(c1C(C(C)=NCCNCCOCCO)C(C)=C6)c23)c54. The molecule has 0 bridgehead atoms. The van der Waals surface area contributed by atoms with E-state index in [-0.39, 0.29) is 65.9 Å². The first kappa shape index (κ1) is 40.8. The number of phenols is 2. The maximum absolute atomic E-state index is 14.1. The minimum absolute atomic E-state index is 0.0363. The van der Waals surface area contributed by atoms with Gasteiger partial charge in [0, 0.05) is 76.1 Å². The fourth-order valence-electron chi connectivity index (χ4n) is 8.27. The zero-order valence-electron chi connectivity index (χ0n) is 32.6. The second-order valence-electron chi connectivity index (χ2n) is 13.8. The first-order valence-corrected chi connectivity index (χ1v) is 18.9. The van der Waals surface area contributed by atoms with Gasteiger partial charge in [-0.2, -0.15) is 0 Å². The van der Waals surface area contributed by atoms with Gasteiger partial charge in [0.25, 0.3) is 0 Å². The summed E-state index contributed by atoms with van der Waals surface area (Å²) in [4.78, 5) is 33.1. The molecule has 14 nitrogen and oxygen atoms in total. The van der Waals surface area contributed by atoms with Crippen LogP contribution in [-0.4, -0.2) is 120 Å². The molecule has 0 saturated carbocycles. The molecule has 1 atom stereocenters. The first-order chi connectivity index (χ1) is 27.2. The summed E-state index contributed by atoms with van der Waals surface area (Å²) in [7, 11) is 4.36. The normalized spacial score (nSPS) is 14.4. The lowest BCUT2D eigenvalue weighted by Crippen LogP contribution is -2.24. The van der Waals surface area contributed by atoms with E-state index < -0.39 is 16.8 Å². The smallest absolute Gasteiger partial charge is 0.194 e. The fraction of sp³-hybridized carbons (Fsp3) is 0.452. The van der Waals surface area contributed by atoms with Crippen molar-refractivity contribution in [1.82, 2.24) is 10.6 Å². The number of hydrogen-bond acceptors (Lipinski definition) is 14. The molecule has 0 radical (unpaired) electrons. The van der Waals surface area contributed by atoms with Crippen LogP contribution < -0.4 is 35.7 Å². The maximum atomic E-state index is 14.1. The monoisotopic (exact) mass is 773 g/mol. The number of nitrogens with zero attached hydrogens (tertiary/aromatic N) is 1. The summed E-state index contributed by atoms with van der Waals surface area (Å²) in [6.07, 6.45) is 3.02. The molecule has 1 unspecified atom stereocenters. The number of benzene rings is 5. The van der Waals surface area contributed by atoms with Gasteiger partial charge in [0.1, 0.15) is 17.2 Å². The molecule has 1 aliphatic rings. The number of hydrogen-bond donors (Lipinski definition) is 6. The van der Waals surface area contributed by atoms with E-state index in [0.717, 1.165) is 11.3 Å². The van der Waals surface area contributed by atoms with Gasteiger partial charge in [-0.1, -0.05) is 11.6 Å². The van der Waals surface area contributed by atoms with E-state index in [1.165, 1.54) is 33.5 Å². The number of allylic oxidation sites excluding steroid dienone is 1. The number of ether oxygens (including phenoxy) is 5. The highest BCUT2D eigenvalue weighted by Gasteiger charge is 2.36. The Morgan fingerprint density at radius 2 is 1.29 bits per heavy atom. The summed E-state index contributed by atoms with van der Waals surface area (Å²) in [6, 6.07) is 2.66. The molecule has 0 spiro atoms. The number of phenolic OH excluding ortho intramolecular Hbond substituents is 2. The Kier molecular flexibility index (Phi) is 13.1. The average Bonchev–Trinajstić information content (AvgIpc) is 3.31. The van der Waals surface area contributed by atoms with Crippen molar-refractivity contribution in [2.45, 2.75) is 32.6 Å². The largest absolute Gasteiger partial charge is 0.507 e. The molecular formula is C42H51N3O11. The number of aliphatic imine (C=N–C) groups is 1. The number of methoxy groups -OCH3 is 3. The van der Waals surface area contributed by atoms with Gasteiger partial charge in [0.2, 0.25) is 0 Å². The van der Waals surface area contributed by atoms with Crippen molar-refractivity contribution >= 4 is 54.9 Å². The van der Waals surface area contributed by atoms with Crippen LogP contribution in [-0.2, 0) is 15.9 Å². The second kappa shape index (κ2) is 18.0. The van der Waals surface area contributed by atoms with Crippen molar-refractivity contribution in [2.24, 2.45) is 4.99 Å². The summed E-state index contributed by atoms with van der Waals surface area (Å²) in [5, 5.41) is 52.0. The molecule has 0 fully saturated rings. The third-order valence-electron chi connectivity index (χ3n) is 10.5. The zero-order valence-corrected chi connectivity index (χ0v) is 32.6. The van der Waals surface area contributed by atoms with Crippen LogP contribution in [0.3, 0.4) is 0 Å². The Morgan fingerprint density at radius 3 is 1.86 bits per heavy atom. The second-order valence-corrected chi connectivity index (χ2v) is 13.8. The van der Waals surface area contributed by atoms with Crippen molar-refractivity contribution < 1.29 is 44.1 Å². The predicted molar refractivity (Wildman–Crippen MR) is 219 cm³/mol. The highest BCUT2D eigenvalue weighted by atomic mass is 16.5. The van der Waals surface area contributed by atoms with Crippen molar-refractivity contribution in [2.75, 3.05) is 93.7 Å². The lowest BCUT2D eigenvalue weighted by atomic mass is 9.80. The Hall–Kier alpha value is -4.83. The Morgan fingerprint density at radius 1 is 0.714 bits per heavy atom. The first-order valence-electron chi connectivity index (χ1n) is 18.9. The molecule has 1 aliphatic carbocycles. The van der Waals surface area contributed by atoms with Gasteiger partial charge in [-0.3, -0.25) is 14.6 Å². The topological polar surface area (TPSA) is 198 Å². The van der Waals surface area contributed by atoms with Crippen LogP contribution in [0, 0.1) is 0 Å². The minimum atomic E-state index is -0.547. The molecule has 6 N–H and O–H groups in total. The summed E-state index contributed by atoms with van der Waals surface area (Å²) in [5.74, 6) is -0.424. The van der Waals surface area contributed by atoms with Crippen LogP contribution in [0.25, 0.3) is 49.2 Å². The number of aliphatic hydroxyl groups excluding tert-OH is 2. The molecule has 14 heteroatoms. The number of rotatable bonds is 21. The number of fused-ring (bicyclic) bond motifs is 1. The molecule has 5 aromatic rings. The quantitative estimate of drug-likeness (QED) is 0.0275. The molecule has 56 heavy (non-hydrogen) atoms. The van der Waals surface area contributed by atoms with Crippen LogP contribution >= 0.6 is 0 Å². The molecule has 0 amide bonds. The minimum Gasteiger partial charge on any atom is -0.507 e. The van der Waals surface area contributed by atoms with Gasteiger partial charge in [0.05, 0.1) is 78.3 Å². The van der Waals surface area contributed by atoms with Crippen LogP contribution in [0.15, 0.2) is 32.3 Å². The molecular weight excluding hydrogens is 722 g/mol. The molecule has 0 saturated heterocycles. The Labute approximate surface area is 324 Å². The standard InChI is InChI=1S/C42H51N3O11/c1-22-19-25-24(7-6-8-43-11-15-55-17-13-46)40(50)32-26(48)20-28(52-3)34-35-29(53-4)21-27(49)33-38(35)37(31(25)36(32)34)39(42(54-5)41(33)51)30(22)23(2)45-10-9-44-12-16-56-18-14-47/h19-21,30,43-44,46-47,50-51H,6-18H2,1-5H3. The average molecular weight is 774 g/mol. The highest BCUT2D eigenvalue weighted by Crippen LogP contribution is 2.57. The summed E-state index contributed by atoms with van der Waals surface area (Å²) >= 11 is 0. The molecule has 0 aliphatic heterocycles. The van der Waals surface area contributed by atoms with Gasteiger partial charge in [-0.15, -0.1) is 0 Å². The molecule has 0 heterocycles. The Balaban J connectivity index is 1.66. The summed E-state index contributed by atoms with van der Waals surface area (Å²) < 4.78 is 28.4. The van der Waals surface area contributed by atoms with E-state index in [4.69, 9.17) is 38.9 Å². The van der Waals surface area contributed by atoms with Crippen molar-refractivity contribution in [1.29, 1.82) is 0 Å². The van der Waals surface area contributed by atoms with Crippen molar-refractivity contribution in [3.8, 4) is 28.7 Å². The number of aliphatic hydroxyl groups is 2. The highest BCUT2D eigenvalue weighted by molar-refractivity contribution is 6.39. The predicted octanol–water partition coefficient (Wildman–Crippen LogP) is 3.42. The van der Waals surface area contributed by atoms with Crippen LogP contribution in [0.4, 0.5) is 0 Å². The number of aromatic hydroxyl groups is 2. The van der Waals surface area contributed by atoms with E-state index >= 15 is 0 Å². The Bertz CT molecular complexity index is 2390. The molecule has 0 aromatic heterocycles. The van der Waals surface area contributed by atoms with Gasteiger partial charge in [0.15, 0.2) is 22.4 Å². The lowest BCUT2D eigenvalue weighted by molar-refractivity contribution is 0.0940. The van der Waals surface area contributed by atoms with Gasteiger partial charge in [-0.25, -0.2) is 0 Å². The zero-order chi connectivity index (χ0) is 40.1. The third-order valence-corrected chi connectivity index (χ3v) is 10.5. The molecule has 5 aromatic carbocycles. The van der Waals surface area contributed by atoms with E-state index in [2.05, 4.69) is 10.6 Å². The molecule has 6 rings (SSSR count). The van der Waals surface area contributed by atoms with Gasteiger partial charge < -0.3 is 54.7 Å². The van der Waals surface area contributed by atoms with Crippen LogP contribution in [0.2, 0.25) is 0 Å². The maximum Gasteiger partial charge on any atom is 0.194 e. The fourth-order valence-corrected chi connectivity index (χ4v) is 8.27. The van der Waals surface area contributed by atoms with E-state index in [9.17, 15) is 19.8 Å². The van der Waals surface area contributed by atoms with Crippen LogP contribution in [0.5, 0.6) is 28.7 Å². The summed E-state index contributed by atoms with van der Waals surface area (Å²) in [5.41, 5.74) is 2.49.